The highest BCUT2D eigenvalue weighted by Gasteiger charge is 2.42. The molecule has 2 N–H and O–H groups in total. The standard InChI is InChI=1S/C15H18F2N2O2/c16-10-2-4-14(12(17)5-10)21-8-15(20)19-6-9-1-3-13(18)11(9)7-19/h2,4-5,9,11,13H,1,3,6-8,18H2. The van der Waals surface area contributed by atoms with Gasteiger partial charge in [-0.05, 0) is 36.8 Å². The molecule has 114 valence electrons. The van der Waals surface area contributed by atoms with Crippen LogP contribution in [0.5, 0.6) is 5.75 Å². The summed E-state index contributed by atoms with van der Waals surface area (Å²) in [5.74, 6) is -0.917. The number of rotatable bonds is 3. The zero-order chi connectivity index (χ0) is 15.0. The Morgan fingerprint density at radius 2 is 2.14 bits per heavy atom. The van der Waals surface area contributed by atoms with Gasteiger partial charge in [0.2, 0.25) is 0 Å². The van der Waals surface area contributed by atoms with Crippen LogP contribution >= 0.6 is 0 Å². The molecule has 6 heteroatoms. The summed E-state index contributed by atoms with van der Waals surface area (Å²) in [6.45, 7) is 1.11. The Hall–Kier alpha value is -1.69. The summed E-state index contributed by atoms with van der Waals surface area (Å²) in [4.78, 5) is 13.8. The topological polar surface area (TPSA) is 55.6 Å². The molecule has 1 aromatic carbocycles. The van der Waals surface area contributed by atoms with E-state index in [9.17, 15) is 13.6 Å². The number of amides is 1. The van der Waals surface area contributed by atoms with Crippen molar-refractivity contribution in [2.45, 2.75) is 18.9 Å². The third-order valence-corrected chi connectivity index (χ3v) is 4.51. The SMILES string of the molecule is NC1CCC2CN(C(=O)COc3ccc(F)cc3F)CC12. The van der Waals surface area contributed by atoms with Crippen molar-refractivity contribution in [3.05, 3.63) is 29.8 Å². The van der Waals surface area contributed by atoms with Crippen LogP contribution in [0.2, 0.25) is 0 Å². The summed E-state index contributed by atoms with van der Waals surface area (Å²) in [6, 6.07) is 3.19. The average molecular weight is 296 g/mol. The summed E-state index contributed by atoms with van der Waals surface area (Å²) in [5.41, 5.74) is 6.03. The number of hydrogen-bond acceptors (Lipinski definition) is 3. The van der Waals surface area contributed by atoms with Crippen LogP contribution in [0.4, 0.5) is 8.78 Å². The van der Waals surface area contributed by atoms with Gasteiger partial charge in [-0.15, -0.1) is 0 Å². The van der Waals surface area contributed by atoms with Crippen molar-refractivity contribution >= 4 is 5.91 Å². The zero-order valence-electron chi connectivity index (χ0n) is 11.6. The minimum Gasteiger partial charge on any atom is -0.481 e. The van der Waals surface area contributed by atoms with E-state index in [1.54, 1.807) is 4.90 Å². The van der Waals surface area contributed by atoms with Gasteiger partial charge in [-0.2, -0.15) is 0 Å². The molecule has 2 aliphatic rings. The number of hydrogen-bond donors (Lipinski definition) is 1. The average Bonchev–Trinajstić information content (AvgIpc) is 3.00. The molecule has 1 amide bonds. The first-order valence-corrected chi connectivity index (χ1v) is 7.16. The van der Waals surface area contributed by atoms with Gasteiger partial charge < -0.3 is 15.4 Å². The van der Waals surface area contributed by atoms with E-state index >= 15 is 0 Å². The van der Waals surface area contributed by atoms with E-state index in [0.29, 0.717) is 24.9 Å². The molecule has 2 fully saturated rings. The highest BCUT2D eigenvalue weighted by Crippen LogP contribution is 2.37. The molecule has 0 bridgehead atoms. The van der Waals surface area contributed by atoms with E-state index in [1.807, 2.05) is 0 Å². The van der Waals surface area contributed by atoms with E-state index in [-0.39, 0.29) is 24.3 Å². The van der Waals surface area contributed by atoms with Gasteiger partial charge in [0.05, 0.1) is 0 Å². The van der Waals surface area contributed by atoms with Crippen LogP contribution in [0, 0.1) is 23.5 Å². The Balaban J connectivity index is 1.55. The Morgan fingerprint density at radius 3 is 2.86 bits per heavy atom. The normalized spacial score (nSPS) is 27.8. The molecule has 4 nitrogen and oxygen atoms in total. The van der Waals surface area contributed by atoms with Gasteiger partial charge >= 0.3 is 0 Å². The largest absolute Gasteiger partial charge is 0.481 e. The van der Waals surface area contributed by atoms with Crippen LogP contribution in [0.3, 0.4) is 0 Å². The van der Waals surface area contributed by atoms with Gasteiger partial charge in [-0.3, -0.25) is 4.79 Å². The van der Waals surface area contributed by atoms with Crippen molar-refractivity contribution in [2.75, 3.05) is 19.7 Å². The lowest BCUT2D eigenvalue weighted by atomic mass is 9.98. The summed E-state index contributed by atoms with van der Waals surface area (Å²) >= 11 is 0. The van der Waals surface area contributed by atoms with E-state index in [4.69, 9.17) is 10.5 Å². The summed E-state index contributed by atoms with van der Waals surface area (Å²) in [7, 11) is 0. The summed E-state index contributed by atoms with van der Waals surface area (Å²) in [6.07, 6.45) is 2.08. The first-order chi connectivity index (χ1) is 10.0. The third kappa shape index (κ3) is 2.85. The molecule has 3 atom stereocenters. The van der Waals surface area contributed by atoms with Gasteiger partial charge in [0.25, 0.3) is 5.91 Å². The predicted octanol–water partition coefficient (Wildman–Crippen LogP) is 1.54. The first kappa shape index (κ1) is 14.3. The van der Waals surface area contributed by atoms with Crippen molar-refractivity contribution in [1.29, 1.82) is 0 Å². The Kier molecular flexibility index (Phi) is 3.80. The molecule has 0 aromatic heterocycles. The van der Waals surface area contributed by atoms with Crippen LogP contribution in [0.25, 0.3) is 0 Å². The van der Waals surface area contributed by atoms with E-state index in [1.165, 1.54) is 6.07 Å². The molecule has 1 aromatic rings. The number of benzene rings is 1. The number of carbonyl (C=O) groups excluding carboxylic acids is 1. The Labute approximate surface area is 121 Å². The van der Waals surface area contributed by atoms with Gasteiger partial charge in [0.1, 0.15) is 5.82 Å². The van der Waals surface area contributed by atoms with Crippen molar-refractivity contribution in [3.63, 3.8) is 0 Å². The van der Waals surface area contributed by atoms with Crippen LogP contribution in [0.1, 0.15) is 12.8 Å². The van der Waals surface area contributed by atoms with Gasteiger partial charge in [0.15, 0.2) is 18.2 Å². The fourth-order valence-corrected chi connectivity index (χ4v) is 3.33. The molecule has 1 aliphatic heterocycles. The van der Waals surface area contributed by atoms with Gasteiger partial charge in [-0.25, -0.2) is 8.78 Å². The van der Waals surface area contributed by atoms with E-state index < -0.39 is 11.6 Å². The minimum atomic E-state index is -0.803. The van der Waals surface area contributed by atoms with Crippen molar-refractivity contribution < 1.29 is 18.3 Å². The molecule has 0 radical (unpaired) electrons. The highest BCUT2D eigenvalue weighted by molar-refractivity contribution is 5.78. The third-order valence-electron chi connectivity index (χ3n) is 4.51. The van der Waals surface area contributed by atoms with E-state index in [0.717, 1.165) is 25.0 Å². The zero-order valence-corrected chi connectivity index (χ0v) is 11.6. The van der Waals surface area contributed by atoms with Crippen molar-refractivity contribution in [1.82, 2.24) is 4.90 Å². The Bertz CT molecular complexity index is 552. The lowest BCUT2D eigenvalue weighted by Gasteiger charge is -2.19. The number of nitrogens with zero attached hydrogens (tertiary/aromatic N) is 1. The maximum Gasteiger partial charge on any atom is 0.260 e. The van der Waals surface area contributed by atoms with Gasteiger partial charge in [-0.1, -0.05) is 0 Å². The molecule has 1 saturated carbocycles. The fraction of sp³-hybridized carbons (Fsp3) is 0.533. The smallest absolute Gasteiger partial charge is 0.260 e. The van der Waals surface area contributed by atoms with Crippen LogP contribution in [0.15, 0.2) is 18.2 Å². The predicted molar refractivity (Wildman–Crippen MR) is 72.6 cm³/mol. The summed E-state index contributed by atoms with van der Waals surface area (Å²) in [5, 5.41) is 0. The second-order valence-electron chi connectivity index (χ2n) is 5.83. The molecule has 21 heavy (non-hydrogen) atoms. The lowest BCUT2D eigenvalue weighted by Crippen LogP contribution is -2.36. The number of nitrogens with two attached hydrogens (primary N) is 1. The van der Waals surface area contributed by atoms with Gasteiger partial charge in [0, 0.05) is 25.2 Å². The van der Waals surface area contributed by atoms with Crippen LogP contribution < -0.4 is 10.5 Å². The van der Waals surface area contributed by atoms with E-state index in [2.05, 4.69) is 0 Å². The molecule has 1 aliphatic carbocycles. The fourth-order valence-electron chi connectivity index (χ4n) is 3.33. The molecule has 3 rings (SSSR count). The molecule has 0 spiro atoms. The maximum absolute atomic E-state index is 13.4. The second kappa shape index (κ2) is 5.60. The van der Waals surface area contributed by atoms with Crippen LogP contribution in [-0.4, -0.2) is 36.5 Å². The number of likely N-dealkylation sites (tertiary alicyclic amines) is 1. The first-order valence-electron chi connectivity index (χ1n) is 7.16. The molecule has 1 saturated heterocycles. The van der Waals surface area contributed by atoms with Crippen molar-refractivity contribution in [3.8, 4) is 5.75 Å². The summed E-state index contributed by atoms with van der Waals surface area (Å²) < 4.78 is 31.3. The molecule has 1 heterocycles. The molecular formula is C15H18F2N2O2. The number of fused-ring (bicyclic) bond motifs is 1. The monoisotopic (exact) mass is 296 g/mol. The maximum atomic E-state index is 13.4. The number of halogens is 2. The van der Waals surface area contributed by atoms with Crippen molar-refractivity contribution in [2.24, 2.45) is 17.6 Å². The number of carbonyl (C=O) groups is 1. The number of ether oxygens (including phenoxy) is 1. The molecular weight excluding hydrogens is 278 g/mol. The quantitative estimate of drug-likeness (QED) is 0.920. The second-order valence-corrected chi connectivity index (χ2v) is 5.83. The van der Waals surface area contributed by atoms with Crippen LogP contribution in [-0.2, 0) is 4.79 Å². The lowest BCUT2D eigenvalue weighted by molar-refractivity contribution is -0.132. The molecule has 3 unspecified atom stereocenters. The highest BCUT2D eigenvalue weighted by atomic mass is 19.1. The minimum absolute atomic E-state index is 0.110. The Morgan fingerprint density at radius 1 is 1.33 bits per heavy atom.